The van der Waals surface area contributed by atoms with Crippen LogP contribution in [0.4, 0.5) is 4.79 Å². The van der Waals surface area contributed by atoms with Crippen LogP contribution in [0.25, 0.3) is 0 Å². The maximum Gasteiger partial charge on any atom is 0.408 e. The zero-order valence-corrected chi connectivity index (χ0v) is 13.1. The molecule has 1 amide bonds. The van der Waals surface area contributed by atoms with Gasteiger partial charge in [0.05, 0.1) is 0 Å². The number of hydrogen-bond donors (Lipinski definition) is 2. The molecule has 124 valence electrons. The number of alkyl carbamates (subject to hydrolysis) is 1. The molecule has 2 N–H and O–H groups in total. The highest BCUT2D eigenvalue weighted by molar-refractivity contribution is 5.81. The lowest BCUT2D eigenvalue weighted by atomic mass is 9.91. The van der Waals surface area contributed by atoms with Crippen molar-refractivity contribution in [3.8, 4) is 0 Å². The van der Waals surface area contributed by atoms with Crippen molar-refractivity contribution in [2.45, 2.75) is 18.6 Å². The van der Waals surface area contributed by atoms with E-state index < -0.39 is 24.0 Å². The third kappa shape index (κ3) is 4.71. The first kappa shape index (κ1) is 17.3. The summed E-state index contributed by atoms with van der Waals surface area (Å²) in [6, 6.07) is 17.0. The number of carbonyl (C=O) groups excluding carboxylic acids is 1. The molecule has 0 heterocycles. The summed E-state index contributed by atoms with van der Waals surface area (Å²) in [6.45, 7) is 3.76. The summed E-state index contributed by atoms with van der Waals surface area (Å²) in [5, 5.41) is 11.9. The predicted octanol–water partition coefficient (Wildman–Crippen LogP) is 3.34. The summed E-state index contributed by atoms with van der Waals surface area (Å²) in [5.41, 5.74) is 1.58. The van der Waals surface area contributed by atoms with Crippen molar-refractivity contribution >= 4 is 12.1 Å². The monoisotopic (exact) mass is 325 g/mol. The highest BCUT2D eigenvalue weighted by Crippen LogP contribution is 2.21. The summed E-state index contributed by atoms with van der Waals surface area (Å²) >= 11 is 0. The van der Waals surface area contributed by atoms with Crippen LogP contribution < -0.4 is 5.32 Å². The number of benzene rings is 2. The van der Waals surface area contributed by atoms with Gasteiger partial charge in [0.2, 0.25) is 0 Å². The Hall–Kier alpha value is -3.08. The molecule has 2 aromatic carbocycles. The standard InChI is InChI=1S/C19H19NO4/c1-2-16(15-11-7-4-8-12-15)17(18(21)22)20-19(23)24-13-14-9-5-3-6-10-14/h2-12,16-17H,1,13H2,(H,20,23)(H,21,22)/t16-,17-/m0/s1. The second-order valence-corrected chi connectivity index (χ2v) is 5.19. The third-order valence-corrected chi connectivity index (χ3v) is 3.55. The van der Waals surface area contributed by atoms with Crippen molar-refractivity contribution in [1.82, 2.24) is 5.32 Å². The Kier molecular flexibility index (Phi) is 6.14. The van der Waals surface area contributed by atoms with Gasteiger partial charge in [0.25, 0.3) is 0 Å². The largest absolute Gasteiger partial charge is 0.480 e. The van der Waals surface area contributed by atoms with Crippen molar-refractivity contribution in [3.63, 3.8) is 0 Å². The highest BCUT2D eigenvalue weighted by atomic mass is 16.5. The quantitative estimate of drug-likeness (QED) is 0.766. The maximum absolute atomic E-state index is 12.0. The summed E-state index contributed by atoms with van der Waals surface area (Å²) in [4.78, 5) is 23.5. The van der Waals surface area contributed by atoms with E-state index in [0.29, 0.717) is 0 Å². The van der Waals surface area contributed by atoms with Gasteiger partial charge >= 0.3 is 12.1 Å². The van der Waals surface area contributed by atoms with E-state index in [1.165, 1.54) is 6.08 Å². The Labute approximate surface area is 140 Å². The average molecular weight is 325 g/mol. The van der Waals surface area contributed by atoms with Gasteiger partial charge in [0.15, 0.2) is 0 Å². The molecule has 0 saturated heterocycles. The first-order chi connectivity index (χ1) is 11.6. The Morgan fingerprint density at radius 1 is 1.08 bits per heavy atom. The molecular formula is C19H19NO4. The van der Waals surface area contributed by atoms with Crippen LogP contribution >= 0.6 is 0 Å². The fourth-order valence-corrected chi connectivity index (χ4v) is 2.34. The number of carboxylic acids is 1. The minimum absolute atomic E-state index is 0.0725. The van der Waals surface area contributed by atoms with Gasteiger partial charge in [-0.15, -0.1) is 6.58 Å². The number of ether oxygens (including phenoxy) is 1. The van der Waals surface area contributed by atoms with Crippen LogP contribution in [-0.2, 0) is 16.1 Å². The van der Waals surface area contributed by atoms with Crippen LogP contribution in [0.1, 0.15) is 17.0 Å². The molecule has 24 heavy (non-hydrogen) atoms. The lowest BCUT2D eigenvalue weighted by Gasteiger charge is -2.22. The topological polar surface area (TPSA) is 75.6 Å². The number of aliphatic carboxylic acids is 1. The number of carbonyl (C=O) groups is 2. The van der Waals surface area contributed by atoms with E-state index in [9.17, 15) is 14.7 Å². The van der Waals surface area contributed by atoms with Gasteiger partial charge in [-0.05, 0) is 11.1 Å². The van der Waals surface area contributed by atoms with E-state index in [2.05, 4.69) is 11.9 Å². The van der Waals surface area contributed by atoms with Crippen molar-refractivity contribution in [1.29, 1.82) is 0 Å². The van der Waals surface area contributed by atoms with E-state index in [-0.39, 0.29) is 6.61 Å². The van der Waals surface area contributed by atoms with E-state index in [4.69, 9.17) is 4.74 Å². The summed E-state index contributed by atoms with van der Waals surface area (Å²) in [7, 11) is 0. The molecule has 2 aromatic rings. The predicted molar refractivity (Wildman–Crippen MR) is 90.6 cm³/mol. The SMILES string of the molecule is C=C[C@@H](c1ccccc1)[C@H](NC(=O)OCc1ccccc1)C(=O)O. The molecule has 0 aliphatic carbocycles. The van der Waals surface area contributed by atoms with Crippen molar-refractivity contribution in [3.05, 3.63) is 84.4 Å². The normalized spacial score (nSPS) is 12.7. The van der Waals surface area contributed by atoms with Crippen LogP contribution in [0.2, 0.25) is 0 Å². The van der Waals surface area contributed by atoms with Crippen LogP contribution in [0.15, 0.2) is 73.3 Å². The van der Waals surface area contributed by atoms with Crippen molar-refractivity contribution < 1.29 is 19.4 Å². The molecule has 0 spiro atoms. The molecule has 2 atom stereocenters. The minimum atomic E-state index is -1.16. The van der Waals surface area contributed by atoms with Crippen LogP contribution in [0.3, 0.4) is 0 Å². The zero-order valence-electron chi connectivity index (χ0n) is 13.1. The molecule has 0 aliphatic rings. The number of rotatable bonds is 7. The molecule has 2 rings (SSSR count). The maximum atomic E-state index is 12.0. The first-order valence-electron chi connectivity index (χ1n) is 7.49. The first-order valence-corrected chi connectivity index (χ1v) is 7.49. The molecule has 0 radical (unpaired) electrons. The zero-order chi connectivity index (χ0) is 17.4. The van der Waals surface area contributed by atoms with E-state index in [1.54, 1.807) is 24.3 Å². The van der Waals surface area contributed by atoms with Gasteiger partial charge in [-0.1, -0.05) is 66.7 Å². The fourth-order valence-electron chi connectivity index (χ4n) is 2.34. The second kappa shape index (κ2) is 8.53. The third-order valence-electron chi connectivity index (χ3n) is 3.55. The van der Waals surface area contributed by atoms with Gasteiger partial charge in [0.1, 0.15) is 12.6 Å². The van der Waals surface area contributed by atoms with Crippen molar-refractivity contribution in [2.75, 3.05) is 0 Å². The highest BCUT2D eigenvalue weighted by Gasteiger charge is 2.29. The molecule has 5 nitrogen and oxygen atoms in total. The van der Waals surface area contributed by atoms with E-state index in [0.717, 1.165) is 11.1 Å². The van der Waals surface area contributed by atoms with Gasteiger partial charge in [-0.2, -0.15) is 0 Å². The van der Waals surface area contributed by atoms with Crippen molar-refractivity contribution in [2.24, 2.45) is 0 Å². The van der Waals surface area contributed by atoms with Gasteiger partial charge in [-0.25, -0.2) is 9.59 Å². The Morgan fingerprint density at radius 2 is 1.67 bits per heavy atom. The molecule has 0 fully saturated rings. The minimum Gasteiger partial charge on any atom is -0.480 e. The Morgan fingerprint density at radius 3 is 2.21 bits per heavy atom. The Bertz CT molecular complexity index is 685. The van der Waals surface area contributed by atoms with Gasteiger partial charge in [-0.3, -0.25) is 0 Å². The lowest BCUT2D eigenvalue weighted by Crippen LogP contribution is -2.44. The number of carboxylic acid groups (broad SMARTS) is 1. The molecule has 0 aromatic heterocycles. The molecule has 5 heteroatoms. The molecule has 0 unspecified atom stereocenters. The van der Waals surface area contributed by atoms with Gasteiger partial charge in [0, 0.05) is 5.92 Å². The second-order valence-electron chi connectivity index (χ2n) is 5.19. The van der Waals surface area contributed by atoms with Crippen LogP contribution in [0.5, 0.6) is 0 Å². The molecule has 0 aliphatic heterocycles. The van der Waals surface area contributed by atoms with Crippen LogP contribution in [0, 0.1) is 0 Å². The number of hydrogen-bond acceptors (Lipinski definition) is 3. The number of amides is 1. The fraction of sp³-hybridized carbons (Fsp3) is 0.158. The lowest BCUT2D eigenvalue weighted by molar-refractivity contribution is -0.139. The number of nitrogens with one attached hydrogen (secondary N) is 1. The summed E-state index contributed by atoms with van der Waals surface area (Å²) in [5.74, 6) is -1.71. The van der Waals surface area contributed by atoms with Crippen LogP contribution in [-0.4, -0.2) is 23.2 Å². The molecular weight excluding hydrogens is 306 g/mol. The summed E-state index contributed by atoms with van der Waals surface area (Å²) in [6.07, 6.45) is 0.722. The van der Waals surface area contributed by atoms with E-state index >= 15 is 0 Å². The summed E-state index contributed by atoms with van der Waals surface area (Å²) < 4.78 is 5.09. The molecule has 0 bridgehead atoms. The van der Waals surface area contributed by atoms with Gasteiger partial charge < -0.3 is 15.2 Å². The smallest absolute Gasteiger partial charge is 0.408 e. The van der Waals surface area contributed by atoms with E-state index in [1.807, 2.05) is 36.4 Å². The molecule has 0 saturated carbocycles. The average Bonchev–Trinajstić information content (AvgIpc) is 2.61. The Balaban J connectivity index is 2.03.